The molecule has 29 heavy (non-hydrogen) atoms. The van der Waals surface area contributed by atoms with Gasteiger partial charge >= 0.3 is 0 Å². The molecule has 0 aromatic heterocycles. The molecule has 0 aliphatic carbocycles. The lowest BCUT2D eigenvalue weighted by molar-refractivity contribution is -0.129. The largest absolute Gasteiger partial charge is 0.497 e. The zero-order chi connectivity index (χ0) is 19.7. The molecule has 2 aromatic rings. The Kier molecular flexibility index (Phi) is 6.83. The van der Waals surface area contributed by atoms with Gasteiger partial charge in [0.1, 0.15) is 5.75 Å². The summed E-state index contributed by atoms with van der Waals surface area (Å²) in [6.07, 6.45) is 0.425. The van der Waals surface area contributed by atoms with E-state index < -0.39 is 0 Å². The number of nitrogens with zero attached hydrogens (tertiary/aromatic N) is 2. The van der Waals surface area contributed by atoms with Gasteiger partial charge in [0, 0.05) is 31.6 Å². The molecule has 0 unspecified atom stereocenters. The molecule has 0 radical (unpaired) electrons. The van der Waals surface area contributed by atoms with Crippen molar-refractivity contribution in [3.63, 3.8) is 0 Å². The first-order chi connectivity index (χ1) is 13.6. The van der Waals surface area contributed by atoms with Crippen molar-refractivity contribution in [2.75, 3.05) is 33.8 Å². The fourth-order valence-corrected chi connectivity index (χ4v) is 4.81. The summed E-state index contributed by atoms with van der Waals surface area (Å²) in [4.78, 5) is 17.3. The predicted molar refractivity (Wildman–Crippen MR) is 115 cm³/mol. The first-order valence-corrected chi connectivity index (χ1v) is 9.89. The van der Waals surface area contributed by atoms with Crippen LogP contribution in [0.2, 0.25) is 0 Å². The predicted octanol–water partition coefficient (Wildman–Crippen LogP) is 2.91. The van der Waals surface area contributed by atoms with E-state index in [0.29, 0.717) is 24.3 Å². The first-order valence-electron chi connectivity index (χ1n) is 9.89. The van der Waals surface area contributed by atoms with Gasteiger partial charge in [-0.1, -0.05) is 36.4 Å². The molecule has 0 spiro atoms. The number of rotatable bonds is 5. The molecule has 2 aliphatic heterocycles. The molecule has 2 fully saturated rings. The average Bonchev–Trinajstić information content (AvgIpc) is 3.25. The van der Waals surface area contributed by atoms with Crippen molar-refractivity contribution < 1.29 is 14.6 Å². The van der Waals surface area contributed by atoms with Crippen molar-refractivity contribution in [2.24, 2.45) is 11.8 Å². The third-order valence-corrected chi connectivity index (χ3v) is 6.27. The number of aliphatic hydroxyl groups is 1. The zero-order valence-corrected chi connectivity index (χ0v) is 17.8. The average molecular weight is 417 g/mol. The topological polar surface area (TPSA) is 53.0 Å². The van der Waals surface area contributed by atoms with E-state index in [1.807, 2.05) is 41.3 Å². The second-order valence-corrected chi connectivity index (χ2v) is 8.03. The number of methoxy groups -OCH3 is 1. The molecule has 6 heteroatoms. The summed E-state index contributed by atoms with van der Waals surface area (Å²) in [7, 11) is 3.87. The number of halogens is 1. The Morgan fingerprint density at radius 1 is 1.03 bits per heavy atom. The van der Waals surface area contributed by atoms with E-state index in [2.05, 4.69) is 24.1 Å². The number of aliphatic hydroxyl groups excluding tert-OH is 1. The molecule has 2 saturated heterocycles. The number of ether oxygens (including phenoxy) is 1. The minimum absolute atomic E-state index is 0. The van der Waals surface area contributed by atoms with Gasteiger partial charge in [-0.15, -0.1) is 12.4 Å². The van der Waals surface area contributed by atoms with Crippen molar-refractivity contribution in [1.82, 2.24) is 9.80 Å². The van der Waals surface area contributed by atoms with Crippen LogP contribution in [0.5, 0.6) is 5.75 Å². The Labute approximate surface area is 178 Å². The minimum Gasteiger partial charge on any atom is -0.497 e. The van der Waals surface area contributed by atoms with Gasteiger partial charge in [0.15, 0.2) is 0 Å². The van der Waals surface area contributed by atoms with E-state index in [4.69, 9.17) is 9.84 Å². The summed E-state index contributed by atoms with van der Waals surface area (Å²) < 4.78 is 5.28. The summed E-state index contributed by atoms with van der Waals surface area (Å²) in [6, 6.07) is 16.3. The summed E-state index contributed by atoms with van der Waals surface area (Å²) in [5, 5.41) is 9.16. The van der Waals surface area contributed by atoms with Gasteiger partial charge in [-0.25, -0.2) is 0 Å². The van der Waals surface area contributed by atoms with Gasteiger partial charge in [0.05, 0.1) is 20.1 Å². The first kappa shape index (κ1) is 21.6. The maximum atomic E-state index is 12.9. The third-order valence-electron chi connectivity index (χ3n) is 6.27. The molecule has 2 aliphatic rings. The Hall–Kier alpha value is -2.08. The van der Waals surface area contributed by atoms with Crippen molar-refractivity contribution in [2.45, 2.75) is 19.1 Å². The van der Waals surface area contributed by atoms with E-state index in [1.54, 1.807) is 7.11 Å². The summed E-state index contributed by atoms with van der Waals surface area (Å²) in [5.74, 6) is 2.07. The lowest BCUT2D eigenvalue weighted by Gasteiger charge is -2.27. The van der Waals surface area contributed by atoms with Crippen LogP contribution in [-0.4, -0.2) is 54.6 Å². The number of carbonyl (C=O) groups is 1. The van der Waals surface area contributed by atoms with Crippen LogP contribution < -0.4 is 4.74 Å². The second kappa shape index (κ2) is 9.16. The fraction of sp³-hybridized carbons (Fsp3) is 0.435. The lowest BCUT2D eigenvalue weighted by Crippen LogP contribution is -2.34. The van der Waals surface area contributed by atoms with E-state index in [-0.39, 0.29) is 24.9 Å². The van der Waals surface area contributed by atoms with E-state index >= 15 is 0 Å². The highest BCUT2D eigenvalue weighted by molar-refractivity contribution is 5.85. The standard InChI is InChI=1S/C23H28N2O3.ClH/c1-24-12-19-13-25(22(27)11-16-3-5-17(15-26)6-4-16)14-21(19)23(24)18-7-9-20(28-2)10-8-18;/h3-10,19,21,23,26H,11-15H2,1-2H3;1H/t19-,21+,23-;/m0./s1. The van der Waals surface area contributed by atoms with E-state index in [0.717, 1.165) is 36.5 Å². The highest BCUT2D eigenvalue weighted by Crippen LogP contribution is 2.44. The van der Waals surface area contributed by atoms with Crippen LogP contribution in [-0.2, 0) is 17.8 Å². The van der Waals surface area contributed by atoms with Crippen molar-refractivity contribution >= 4 is 18.3 Å². The second-order valence-electron chi connectivity index (χ2n) is 8.03. The summed E-state index contributed by atoms with van der Waals surface area (Å²) >= 11 is 0. The Morgan fingerprint density at radius 3 is 2.31 bits per heavy atom. The Morgan fingerprint density at radius 2 is 1.69 bits per heavy atom. The van der Waals surface area contributed by atoms with Crippen molar-refractivity contribution in [3.05, 3.63) is 65.2 Å². The van der Waals surface area contributed by atoms with Gasteiger partial charge in [-0.05, 0) is 41.8 Å². The number of fused-ring (bicyclic) bond motifs is 1. The number of hydrogen-bond donors (Lipinski definition) is 1. The molecule has 2 heterocycles. The normalized spacial score (nSPS) is 23.6. The van der Waals surface area contributed by atoms with Crippen LogP contribution in [0.4, 0.5) is 0 Å². The van der Waals surface area contributed by atoms with Gasteiger partial charge in [-0.2, -0.15) is 0 Å². The summed E-state index contributed by atoms with van der Waals surface area (Å²) in [6.45, 7) is 2.72. The molecule has 4 rings (SSSR count). The Bertz CT molecular complexity index is 825. The smallest absolute Gasteiger partial charge is 0.227 e. The van der Waals surface area contributed by atoms with Crippen LogP contribution in [0, 0.1) is 11.8 Å². The van der Waals surface area contributed by atoms with Gasteiger partial charge < -0.3 is 14.7 Å². The number of likely N-dealkylation sites (tertiary alicyclic amines) is 2. The lowest BCUT2D eigenvalue weighted by atomic mass is 9.89. The molecule has 1 amide bonds. The Balaban J connectivity index is 0.00000240. The van der Waals surface area contributed by atoms with Crippen LogP contribution in [0.15, 0.2) is 48.5 Å². The van der Waals surface area contributed by atoms with Gasteiger partial charge in [-0.3, -0.25) is 9.69 Å². The van der Waals surface area contributed by atoms with Gasteiger partial charge in [0.25, 0.3) is 0 Å². The molecule has 5 nitrogen and oxygen atoms in total. The maximum absolute atomic E-state index is 12.9. The van der Waals surface area contributed by atoms with E-state index in [1.165, 1.54) is 5.56 Å². The third kappa shape index (κ3) is 4.42. The van der Waals surface area contributed by atoms with E-state index in [9.17, 15) is 4.79 Å². The monoisotopic (exact) mass is 416 g/mol. The highest BCUT2D eigenvalue weighted by Gasteiger charge is 2.47. The fourth-order valence-electron chi connectivity index (χ4n) is 4.81. The molecule has 0 bridgehead atoms. The zero-order valence-electron chi connectivity index (χ0n) is 17.0. The number of amides is 1. The molecule has 0 saturated carbocycles. The maximum Gasteiger partial charge on any atom is 0.227 e. The van der Waals surface area contributed by atoms with Crippen LogP contribution >= 0.6 is 12.4 Å². The molecule has 2 aromatic carbocycles. The molecule has 3 atom stereocenters. The minimum atomic E-state index is 0. The van der Waals surface area contributed by atoms with Crippen molar-refractivity contribution in [1.29, 1.82) is 0 Å². The summed E-state index contributed by atoms with van der Waals surface area (Å²) in [5.41, 5.74) is 3.17. The quantitative estimate of drug-likeness (QED) is 0.814. The van der Waals surface area contributed by atoms with Gasteiger partial charge in [0.2, 0.25) is 5.91 Å². The highest BCUT2D eigenvalue weighted by atomic mass is 35.5. The molecule has 1 N–H and O–H groups in total. The molecule has 156 valence electrons. The number of hydrogen-bond acceptors (Lipinski definition) is 4. The van der Waals surface area contributed by atoms with Crippen LogP contribution in [0.1, 0.15) is 22.7 Å². The number of carbonyl (C=O) groups excluding carboxylic acids is 1. The molecular formula is C23H29ClN2O3. The number of benzene rings is 2. The molecular weight excluding hydrogens is 388 g/mol. The van der Waals surface area contributed by atoms with Crippen LogP contribution in [0.3, 0.4) is 0 Å². The SMILES string of the molecule is COc1ccc([C@H]2[C@@H]3CN(C(=O)Cc4ccc(CO)cc4)C[C@@H]3CN2C)cc1.Cl. The van der Waals surface area contributed by atoms with Crippen molar-refractivity contribution in [3.8, 4) is 5.75 Å². The van der Waals surface area contributed by atoms with Crippen LogP contribution in [0.25, 0.3) is 0 Å².